The minimum absolute atomic E-state index is 0.0239. The second-order valence-electron chi connectivity index (χ2n) is 11.0. The first-order valence-corrected chi connectivity index (χ1v) is 12.6. The van der Waals surface area contributed by atoms with Gasteiger partial charge in [0.05, 0.1) is 0 Å². The van der Waals surface area contributed by atoms with Gasteiger partial charge in [-0.15, -0.1) is 0 Å². The Morgan fingerprint density at radius 3 is 2.08 bits per heavy atom. The summed E-state index contributed by atoms with van der Waals surface area (Å²) in [6, 6.07) is 0. The Balaban J connectivity index is 2.56. The van der Waals surface area contributed by atoms with Crippen LogP contribution in [-0.4, -0.2) is 54.6 Å². The van der Waals surface area contributed by atoms with E-state index in [-0.39, 0.29) is 24.7 Å². The minimum Gasteiger partial charge on any atom is -0.462 e. The molecule has 2 rings (SSSR count). The van der Waals surface area contributed by atoms with Crippen molar-refractivity contribution < 1.29 is 42.9 Å². The van der Waals surface area contributed by atoms with E-state index in [0.29, 0.717) is 24.0 Å². The van der Waals surface area contributed by atoms with Crippen LogP contribution in [-0.2, 0) is 42.9 Å². The first-order chi connectivity index (χ1) is 17.0. The first kappa shape index (κ1) is 30.3. The van der Waals surface area contributed by atoms with E-state index in [1.54, 1.807) is 13.0 Å². The number of rotatable bonds is 8. The molecule has 2 aliphatic rings. The maximum absolute atomic E-state index is 13.9. The average molecular weight is 521 g/mol. The highest BCUT2D eigenvalue weighted by atomic mass is 16.6. The monoisotopic (exact) mass is 520 g/mol. The summed E-state index contributed by atoms with van der Waals surface area (Å²) >= 11 is 0. The van der Waals surface area contributed by atoms with E-state index >= 15 is 0 Å². The number of fused-ring (bicyclic) bond motifs is 1. The predicted molar refractivity (Wildman–Crippen MR) is 134 cm³/mol. The Hall–Kier alpha value is -2.97. The van der Waals surface area contributed by atoms with Gasteiger partial charge in [-0.1, -0.05) is 27.4 Å². The Kier molecular flexibility index (Phi) is 9.49. The van der Waals surface area contributed by atoms with Gasteiger partial charge in [0.2, 0.25) is 0 Å². The zero-order valence-corrected chi connectivity index (χ0v) is 23.2. The lowest BCUT2D eigenvalue weighted by Crippen LogP contribution is -2.63. The average Bonchev–Trinajstić information content (AvgIpc) is 2.74. The van der Waals surface area contributed by atoms with E-state index in [4.69, 9.17) is 18.9 Å². The van der Waals surface area contributed by atoms with Crippen molar-refractivity contribution >= 4 is 29.7 Å². The summed E-state index contributed by atoms with van der Waals surface area (Å²) in [4.78, 5) is 60.9. The van der Waals surface area contributed by atoms with Crippen molar-refractivity contribution in [3.05, 3.63) is 23.8 Å². The number of carbonyl (C=O) groups excluding carboxylic acids is 5. The van der Waals surface area contributed by atoms with Crippen LogP contribution in [0.5, 0.6) is 0 Å². The Labute approximate surface area is 218 Å². The smallest absolute Gasteiger partial charge is 0.303 e. The Morgan fingerprint density at radius 2 is 1.57 bits per heavy atom. The molecule has 37 heavy (non-hydrogen) atoms. The summed E-state index contributed by atoms with van der Waals surface area (Å²) in [6.45, 7) is 17.0. The summed E-state index contributed by atoms with van der Waals surface area (Å²) in [5.41, 5.74) is -0.270. The van der Waals surface area contributed by atoms with Crippen molar-refractivity contribution in [3.8, 4) is 0 Å². The van der Waals surface area contributed by atoms with Crippen LogP contribution in [0.25, 0.3) is 0 Å². The van der Waals surface area contributed by atoms with E-state index in [1.165, 1.54) is 27.7 Å². The van der Waals surface area contributed by atoms with E-state index < -0.39 is 58.9 Å². The van der Waals surface area contributed by atoms with E-state index in [9.17, 15) is 24.0 Å². The van der Waals surface area contributed by atoms with Crippen LogP contribution in [0.2, 0.25) is 0 Å². The molecule has 0 saturated heterocycles. The van der Waals surface area contributed by atoms with Crippen LogP contribution in [0.15, 0.2) is 23.8 Å². The molecule has 0 N–H and O–H groups in total. The lowest BCUT2D eigenvalue weighted by molar-refractivity contribution is -0.188. The van der Waals surface area contributed by atoms with Gasteiger partial charge in [-0.05, 0) is 54.7 Å². The number of ether oxygens (including phenoxy) is 4. The largest absolute Gasteiger partial charge is 0.462 e. The summed E-state index contributed by atoms with van der Waals surface area (Å²) in [5.74, 6) is -3.22. The molecule has 0 radical (unpaired) electrons. The lowest BCUT2D eigenvalue weighted by Gasteiger charge is -2.59. The fourth-order valence-corrected chi connectivity index (χ4v) is 6.30. The van der Waals surface area contributed by atoms with Gasteiger partial charge in [0.1, 0.15) is 18.8 Å². The molecule has 0 aromatic carbocycles. The standard InChI is InChI=1S/C28H40O9/c1-15(11-13-34-17(3)29)22(35-18(4)30)14-21-16(2)25(37-20(6)32)24(33)26-27(7,8)23(36-19(5)31)10-12-28(21,26)9/h11,21-23,25-26H,2,10,12-14H2,1,3-9H3/b15-11-/t21-,22+,23+,25+,26+,28-/m1/s1. The van der Waals surface area contributed by atoms with E-state index in [0.717, 1.165) is 0 Å². The predicted octanol–water partition coefficient (Wildman–Crippen LogP) is 3.88. The van der Waals surface area contributed by atoms with Crippen molar-refractivity contribution in [3.63, 3.8) is 0 Å². The maximum Gasteiger partial charge on any atom is 0.303 e. The second-order valence-corrected chi connectivity index (χ2v) is 11.0. The number of esters is 4. The van der Waals surface area contributed by atoms with Gasteiger partial charge in [0, 0.05) is 39.0 Å². The number of hydrogen-bond acceptors (Lipinski definition) is 9. The molecule has 6 atom stereocenters. The second kappa shape index (κ2) is 11.6. The Bertz CT molecular complexity index is 992. The van der Waals surface area contributed by atoms with Gasteiger partial charge in [-0.2, -0.15) is 0 Å². The third kappa shape index (κ3) is 6.67. The van der Waals surface area contributed by atoms with Crippen molar-refractivity contribution in [2.75, 3.05) is 6.61 Å². The van der Waals surface area contributed by atoms with Gasteiger partial charge in [0.15, 0.2) is 11.9 Å². The van der Waals surface area contributed by atoms with Gasteiger partial charge < -0.3 is 18.9 Å². The van der Waals surface area contributed by atoms with Crippen LogP contribution in [0.1, 0.15) is 74.7 Å². The number of Topliss-reactive ketones (excluding diaryl/α,β-unsaturated/α-hetero) is 1. The molecule has 0 unspecified atom stereocenters. The molecular formula is C28H40O9. The molecule has 0 amide bonds. The molecular weight excluding hydrogens is 480 g/mol. The molecule has 0 aliphatic heterocycles. The van der Waals surface area contributed by atoms with Crippen molar-refractivity contribution in [1.82, 2.24) is 0 Å². The van der Waals surface area contributed by atoms with Crippen LogP contribution >= 0.6 is 0 Å². The normalized spacial score (nSPS) is 30.0. The van der Waals surface area contributed by atoms with Crippen molar-refractivity contribution in [2.24, 2.45) is 22.7 Å². The molecule has 9 heteroatoms. The van der Waals surface area contributed by atoms with Crippen LogP contribution < -0.4 is 0 Å². The van der Waals surface area contributed by atoms with Gasteiger partial charge in [0.25, 0.3) is 0 Å². The highest BCUT2D eigenvalue weighted by Gasteiger charge is 2.64. The van der Waals surface area contributed by atoms with E-state index in [2.05, 4.69) is 6.58 Å². The number of hydrogen-bond donors (Lipinski definition) is 0. The van der Waals surface area contributed by atoms with Crippen LogP contribution in [0, 0.1) is 22.7 Å². The molecule has 2 saturated carbocycles. The van der Waals surface area contributed by atoms with Crippen molar-refractivity contribution in [1.29, 1.82) is 0 Å². The van der Waals surface area contributed by atoms with E-state index in [1.807, 2.05) is 20.8 Å². The minimum atomic E-state index is -1.17. The summed E-state index contributed by atoms with van der Waals surface area (Å²) in [7, 11) is 0. The zero-order chi connectivity index (χ0) is 28.3. The molecule has 0 spiro atoms. The third-order valence-corrected chi connectivity index (χ3v) is 7.85. The quantitative estimate of drug-likeness (QED) is 0.266. The summed E-state index contributed by atoms with van der Waals surface area (Å²) in [5, 5.41) is 0. The molecule has 2 aliphatic carbocycles. The SMILES string of the molecule is C=C1[C@H](OC(C)=O)C(=O)[C@H]2C(C)(C)[C@@H](OC(C)=O)CC[C@]2(C)[C@@H]1C[C@H](OC(C)=O)/C(C)=C\COC(C)=O. The molecule has 9 nitrogen and oxygen atoms in total. The van der Waals surface area contributed by atoms with Crippen LogP contribution in [0.4, 0.5) is 0 Å². The molecule has 0 heterocycles. The molecule has 0 aromatic rings. The van der Waals surface area contributed by atoms with Crippen LogP contribution in [0.3, 0.4) is 0 Å². The van der Waals surface area contributed by atoms with Crippen molar-refractivity contribution in [2.45, 2.75) is 93.0 Å². The number of ketones is 1. The molecule has 206 valence electrons. The highest BCUT2D eigenvalue weighted by molar-refractivity contribution is 5.93. The number of carbonyl (C=O) groups is 5. The fraction of sp³-hybridized carbons (Fsp3) is 0.679. The third-order valence-electron chi connectivity index (χ3n) is 7.85. The molecule has 0 bridgehead atoms. The summed E-state index contributed by atoms with van der Waals surface area (Å²) < 4.78 is 21.8. The van der Waals surface area contributed by atoms with Gasteiger partial charge in [-0.3, -0.25) is 24.0 Å². The zero-order valence-electron chi connectivity index (χ0n) is 23.2. The maximum atomic E-state index is 13.9. The molecule has 0 aromatic heterocycles. The fourth-order valence-electron chi connectivity index (χ4n) is 6.30. The molecule has 2 fully saturated rings. The topological polar surface area (TPSA) is 122 Å². The Morgan fingerprint density at radius 1 is 0.973 bits per heavy atom. The highest BCUT2D eigenvalue weighted by Crippen LogP contribution is 2.61. The first-order valence-electron chi connectivity index (χ1n) is 12.6. The summed E-state index contributed by atoms with van der Waals surface area (Å²) in [6.07, 6.45) is 0.696. The lowest BCUT2D eigenvalue weighted by atomic mass is 9.45. The van der Waals surface area contributed by atoms with Gasteiger partial charge >= 0.3 is 23.9 Å². The van der Waals surface area contributed by atoms with Gasteiger partial charge in [-0.25, -0.2) is 0 Å².